The molecule has 144 valence electrons. The van der Waals surface area contributed by atoms with E-state index >= 15 is 0 Å². The number of urea groups is 1. The minimum absolute atomic E-state index is 0.0887. The molecule has 3 aliphatic rings. The average molecular weight is 371 g/mol. The van der Waals surface area contributed by atoms with Crippen LogP contribution in [0.15, 0.2) is 29.7 Å². The van der Waals surface area contributed by atoms with Crippen molar-refractivity contribution >= 4 is 17.6 Å². The van der Waals surface area contributed by atoms with Crippen molar-refractivity contribution in [2.45, 2.75) is 44.2 Å². The van der Waals surface area contributed by atoms with Crippen molar-refractivity contribution in [3.8, 4) is 0 Å². The molecular weight excluding hydrogens is 346 g/mol. The van der Waals surface area contributed by atoms with Crippen LogP contribution >= 0.6 is 0 Å². The number of pyridine rings is 1. The molecule has 1 atom stereocenters. The monoisotopic (exact) mass is 371 g/mol. The van der Waals surface area contributed by atoms with Crippen LogP contribution < -0.4 is 5.32 Å². The Morgan fingerprint density at radius 3 is 2.63 bits per heavy atom. The van der Waals surface area contributed by atoms with Crippen LogP contribution in [0.3, 0.4) is 0 Å². The number of rotatable bonds is 3. The Hall–Kier alpha value is -2.64. The average Bonchev–Trinajstić information content (AvgIpc) is 3.37. The highest BCUT2D eigenvalue weighted by Crippen LogP contribution is 2.34. The fraction of sp³-hybridized carbons (Fsp3) is 0.579. The van der Waals surface area contributed by atoms with E-state index in [-0.39, 0.29) is 11.9 Å². The van der Waals surface area contributed by atoms with Gasteiger partial charge < -0.3 is 20.0 Å². The Morgan fingerprint density at radius 1 is 1.11 bits per heavy atom. The van der Waals surface area contributed by atoms with E-state index in [4.69, 9.17) is 4.84 Å². The number of amides is 3. The summed E-state index contributed by atoms with van der Waals surface area (Å²) in [5, 5.41) is 6.93. The van der Waals surface area contributed by atoms with Gasteiger partial charge in [0.05, 0.1) is 6.54 Å². The molecule has 1 aromatic heterocycles. The van der Waals surface area contributed by atoms with Crippen LogP contribution in [0.2, 0.25) is 0 Å². The summed E-state index contributed by atoms with van der Waals surface area (Å²) in [5.74, 6) is -0.216. The van der Waals surface area contributed by atoms with Gasteiger partial charge in [-0.15, -0.1) is 0 Å². The molecule has 4 rings (SSSR count). The zero-order valence-corrected chi connectivity index (χ0v) is 15.4. The van der Waals surface area contributed by atoms with Gasteiger partial charge in [-0.05, 0) is 43.4 Å². The third-order valence-electron chi connectivity index (χ3n) is 5.49. The first-order valence-corrected chi connectivity index (χ1v) is 9.61. The van der Waals surface area contributed by atoms with E-state index in [1.165, 1.54) is 0 Å². The molecule has 0 radical (unpaired) electrons. The van der Waals surface area contributed by atoms with Gasteiger partial charge in [0.15, 0.2) is 5.60 Å². The lowest BCUT2D eigenvalue weighted by molar-refractivity contribution is -0.115. The number of hydrogen-bond acceptors (Lipinski definition) is 5. The van der Waals surface area contributed by atoms with E-state index in [2.05, 4.69) is 15.5 Å². The second-order valence-corrected chi connectivity index (χ2v) is 7.53. The molecule has 1 N–H and O–H groups in total. The molecule has 0 aliphatic carbocycles. The lowest BCUT2D eigenvalue weighted by atomic mass is 9.88. The van der Waals surface area contributed by atoms with Crippen LogP contribution in [0.4, 0.5) is 4.79 Å². The van der Waals surface area contributed by atoms with Crippen LogP contribution in [0.1, 0.15) is 37.7 Å². The lowest BCUT2D eigenvalue weighted by Crippen LogP contribution is -2.54. The second kappa shape index (κ2) is 7.54. The van der Waals surface area contributed by atoms with Gasteiger partial charge in [0.25, 0.3) is 5.91 Å². The molecule has 3 amide bonds. The first-order chi connectivity index (χ1) is 13.2. The molecule has 0 saturated carbocycles. The molecule has 1 spiro atoms. The van der Waals surface area contributed by atoms with Crippen LogP contribution in [-0.2, 0) is 16.2 Å². The maximum absolute atomic E-state index is 12.7. The Morgan fingerprint density at radius 2 is 1.85 bits per heavy atom. The molecule has 1 aromatic rings. The molecule has 3 aliphatic heterocycles. The number of likely N-dealkylation sites (tertiary alicyclic amines) is 2. The van der Waals surface area contributed by atoms with E-state index in [1.807, 2.05) is 21.9 Å². The number of nitrogens with one attached hydrogen (secondary N) is 1. The summed E-state index contributed by atoms with van der Waals surface area (Å²) >= 11 is 0. The number of carbonyl (C=O) groups excluding carboxylic acids is 2. The van der Waals surface area contributed by atoms with Crippen molar-refractivity contribution in [3.63, 3.8) is 0 Å². The quantitative estimate of drug-likeness (QED) is 0.873. The topological polar surface area (TPSA) is 87.1 Å². The minimum atomic E-state index is -0.559. The molecule has 0 aromatic carbocycles. The highest BCUT2D eigenvalue weighted by Gasteiger charge is 2.46. The van der Waals surface area contributed by atoms with E-state index in [1.54, 1.807) is 12.4 Å². The zero-order chi connectivity index (χ0) is 18.7. The summed E-state index contributed by atoms with van der Waals surface area (Å²) in [6, 6.07) is 3.81. The molecule has 1 unspecified atom stereocenters. The molecular formula is C19H25N5O3. The molecule has 4 heterocycles. The summed E-state index contributed by atoms with van der Waals surface area (Å²) in [4.78, 5) is 38.6. The van der Waals surface area contributed by atoms with Crippen molar-refractivity contribution in [1.82, 2.24) is 20.1 Å². The van der Waals surface area contributed by atoms with Crippen molar-refractivity contribution in [3.05, 3.63) is 30.1 Å². The maximum Gasteiger partial charge on any atom is 0.320 e. The normalized spacial score (nSPS) is 24.7. The van der Waals surface area contributed by atoms with Gasteiger partial charge in [-0.1, -0.05) is 5.16 Å². The Bertz CT molecular complexity index is 732. The largest absolute Gasteiger partial charge is 0.386 e. The molecule has 27 heavy (non-hydrogen) atoms. The third-order valence-corrected chi connectivity index (χ3v) is 5.49. The summed E-state index contributed by atoms with van der Waals surface area (Å²) in [6.07, 6.45) is 7.65. The van der Waals surface area contributed by atoms with Crippen LogP contribution in [-0.4, -0.2) is 64.2 Å². The van der Waals surface area contributed by atoms with Crippen molar-refractivity contribution in [2.75, 3.05) is 26.2 Å². The van der Waals surface area contributed by atoms with Gasteiger partial charge >= 0.3 is 6.03 Å². The summed E-state index contributed by atoms with van der Waals surface area (Å²) < 4.78 is 0. The van der Waals surface area contributed by atoms with Crippen molar-refractivity contribution < 1.29 is 14.4 Å². The van der Waals surface area contributed by atoms with Crippen LogP contribution in [0.5, 0.6) is 0 Å². The highest BCUT2D eigenvalue weighted by atomic mass is 16.7. The lowest BCUT2D eigenvalue weighted by Gasteiger charge is -2.39. The van der Waals surface area contributed by atoms with E-state index in [9.17, 15) is 9.59 Å². The van der Waals surface area contributed by atoms with Crippen molar-refractivity contribution in [2.24, 2.45) is 5.16 Å². The fourth-order valence-electron chi connectivity index (χ4n) is 4.02. The molecule has 2 fully saturated rings. The number of aromatic nitrogens is 1. The number of nitrogens with zero attached hydrogens (tertiary/aromatic N) is 4. The molecule has 8 nitrogen and oxygen atoms in total. The molecule has 2 saturated heterocycles. The first-order valence-electron chi connectivity index (χ1n) is 9.61. The van der Waals surface area contributed by atoms with Crippen LogP contribution in [0.25, 0.3) is 0 Å². The summed E-state index contributed by atoms with van der Waals surface area (Å²) in [5.41, 5.74) is 0.823. The number of hydrogen-bond donors (Lipinski definition) is 1. The molecule has 8 heteroatoms. The van der Waals surface area contributed by atoms with Crippen molar-refractivity contribution in [1.29, 1.82) is 0 Å². The number of piperidine rings is 1. The third kappa shape index (κ3) is 3.89. The van der Waals surface area contributed by atoms with E-state index < -0.39 is 5.60 Å². The van der Waals surface area contributed by atoms with Gasteiger partial charge in [0.2, 0.25) is 0 Å². The minimum Gasteiger partial charge on any atom is -0.386 e. The highest BCUT2D eigenvalue weighted by molar-refractivity contribution is 6.39. The van der Waals surface area contributed by atoms with Gasteiger partial charge in [-0.25, -0.2) is 4.79 Å². The predicted molar refractivity (Wildman–Crippen MR) is 99.0 cm³/mol. The zero-order valence-electron chi connectivity index (χ0n) is 15.4. The number of oxime groups is 1. The van der Waals surface area contributed by atoms with Gasteiger partial charge in [-0.2, -0.15) is 0 Å². The molecule has 0 bridgehead atoms. The van der Waals surface area contributed by atoms with Gasteiger partial charge in [-0.3, -0.25) is 9.78 Å². The first kappa shape index (κ1) is 17.8. The van der Waals surface area contributed by atoms with E-state index in [0.29, 0.717) is 25.2 Å². The van der Waals surface area contributed by atoms with Crippen LogP contribution in [0, 0.1) is 0 Å². The van der Waals surface area contributed by atoms with Gasteiger partial charge in [0.1, 0.15) is 5.71 Å². The maximum atomic E-state index is 12.7. The smallest absolute Gasteiger partial charge is 0.320 e. The fourth-order valence-corrected chi connectivity index (χ4v) is 4.02. The Kier molecular flexibility index (Phi) is 4.96. The second-order valence-electron chi connectivity index (χ2n) is 7.53. The Balaban J connectivity index is 1.32. The predicted octanol–water partition coefficient (Wildman–Crippen LogP) is 1.52. The standard InChI is InChI=1S/C19H25N5O3/c25-17(21-13-15-4-7-20-8-5-15)16-12-19(27-22-16)6-3-11-24(14-19)18(26)23-9-1-2-10-23/h4-5,7-8H,1-3,6,9-14H2,(H,21,25). The van der Waals surface area contributed by atoms with E-state index in [0.717, 1.165) is 50.9 Å². The summed E-state index contributed by atoms with van der Waals surface area (Å²) in [6.45, 7) is 3.33. The Labute approximate surface area is 158 Å². The SMILES string of the molecule is O=C(NCc1ccncc1)C1=NOC2(CCCN(C(=O)N3CCCC3)C2)C1. The van der Waals surface area contributed by atoms with Gasteiger partial charge in [0, 0.05) is 45.0 Å². The number of carbonyl (C=O) groups is 2. The summed E-state index contributed by atoms with van der Waals surface area (Å²) in [7, 11) is 0.